The first-order chi connectivity index (χ1) is 12.2. The predicted octanol–water partition coefficient (Wildman–Crippen LogP) is 3.32. The average molecular weight is 412 g/mol. The van der Waals surface area contributed by atoms with Crippen LogP contribution < -0.4 is 20.7 Å². The molecule has 3 N–H and O–H groups in total. The Balaban J connectivity index is 0.00000182. The van der Waals surface area contributed by atoms with Gasteiger partial charge < -0.3 is 20.7 Å². The van der Waals surface area contributed by atoms with E-state index in [1.54, 1.807) is 7.11 Å². The van der Waals surface area contributed by atoms with E-state index < -0.39 is 6.04 Å². The highest BCUT2D eigenvalue weighted by molar-refractivity contribution is 5.85. The van der Waals surface area contributed by atoms with Crippen LogP contribution in [0.2, 0.25) is 0 Å². The molecule has 1 heterocycles. The summed E-state index contributed by atoms with van der Waals surface area (Å²) in [4.78, 5) is 14.8. The molecule has 0 aliphatic carbocycles. The molecule has 3 rings (SSSR count). The van der Waals surface area contributed by atoms with Crippen molar-refractivity contribution >= 4 is 36.4 Å². The van der Waals surface area contributed by atoms with E-state index >= 15 is 0 Å². The normalized spacial score (nSPS) is 17.1. The standard InChI is InChI=1S/C20H25N3O2.2ClH/c1-25-18-11-5-10-17(13-18)23-12-6-9-16(14-23)22-20(24)19(21)15-7-3-2-4-8-15;;/h2-5,7-8,10-11,13,16,19H,6,9,12,14,21H2,1H3,(H,22,24);2*1H. The van der Waals surface area contributed by atoms with Crippen LogP contribution in [0.15, 0.2) is 54.6 Å². The number of rotatable bonds is 5. The second-order valence-corrected chi connectivity index (χ2v) is 6.38. The summed E-state index contributed by atoms with van der Waals surface area (Å²) in [5.74, 6) is 0.721. The van der Waals surface area contributed by atoms with Crippen LogP contribution >= 0.6 is 24.8 Å². The monoisotopic (exact) mass is 411 g/mol. The van der Waals surface area contributed by atoms with Gasteiger partial charge in [0.25, 0.3) is 0 Å². The largest absolute Gasteiger partial charge is 0.497 e. The molecule has 2 aromatic rings. The third-order valence-electron chi connectivity index (χ3n) is 4.63. The number of anilines is 1. The Kier molecular flexibility index (Phi) is 9.43. The number of ether oxygens (including phenoxy) is 1. The molecule has 5 nitrogen and oxygen atoms in total. The number of methoxy groups -OCH3 is 1. The maximum Gasteiger partial charge on any atom is 0.241 e. The number of halogens is 2. The second kappa shape index (κ2) is 11.0. The Morgan fingerprint density at radius 3 is 2.63 bits per heavy atom. The molecule has 1 amide bonds. The van der Waals surface area contributed by atoms with Crippen molar-refractivity contribution in [2.75, 3.05) is 25.1 Å². The zero-order valence-corrected chi connectivity index (χ0v) is 17.0. The van der Waals surface area contributed by atoms with Gasteiger partial charge in [-0.15, -0.1) is 24.8 Å². The maximum absolute atomic E-state index is 12.5. The fourth-order valence-corrected chi connectivity index (χ4v) is 3.24. The number of hydrogen-bond donors (Lipinski definition) is 2. The van der Waals surface area contributed by atoms with E-state index in [0.29, 0.717) is 0 Å². The predicted molar refractivity (Wildman–Crippen MR) is 114 cm³/mol. The number of nitrogens with zero attached hydrogens (tertiary/aromatic N) is 1. The molecule has 1 aliphatic heterocycles. The lowest BCUT2D eigenvalue weighted by atomic mass is 10.0. The van der Waals surface area contributed by atoms with E-state index in [2.05, 4.69) is 16.3 Å². The van der Waals surface area contributed by atoms with Gasteiger partial charge in [-0.2, -0.15) is 0 Å². The summed E-state index contributed by atoms with van der Waals surface area (Å²) in [6.45, 7) is 1.75. The third-order valence-corrected chi connectivity index (χ3v) is 4.63. The molecule has 1 aliphatic rings. The van der Waals surface area contributed by atoms with Gasteiger partial charge >= 0.3 is 0 Å². The minimum Gasteiger partial charge on any atom is -0.497 e. The SMILES string of the molecule is COc1cccc(N2CCCC(NC(=O)C(N)c3ccccc3)C2)c1.Cl.Cl. The van der Waals surface area contributed by atoms with Crippen molar-refractivity contribution in [2.45, 2.75) is 24.9 Å². The van der Waals surface area contributed by atoms with Crippen LogP contribution in [0.4, 0.5) is 5.69 Å². The van der Waals surface area contributed by atoms with Gasteiger partial charge in [-0.1, -0.05) is 36.4 Å². The number of amides is 1. The Morgan fingerprint density at radius 1 is 1.19 bits per heavy atom. The van der Waals surface area contributed by atoms with Gasteiger partial charge in [0.15, 0.2) is 0 Å². The van der Waals surface area contributed by atoms with Crippen molar-refractivity contribution in [3.63, 3.8) is 0 Å². The van der Waals surface area contributed by atoms with Crippen molar-refractivity contribution in [1.82, 2.24) is 5.32 Å². The van der Waals surface area contributed by atoms with Crippen molar-refractivity contribution in [3.05, 3.63) is 60.2 Å². The first-order valence-electron chi connectivity index (χ1n) is 8.67. The lowest BCUT2D eigenvalue weighted by Gasteiger charge is -2.35. The molecular weight excluding hydrogens is 385 g/mol. The smallest absolute Gasteiger partial charge is 0.241 e. The summed E-state index contributed by atoms with van der Waals surface area (Å²) in [5, 5.41) is 3.11. The molecule has 0 radical (unpaired) electrons. The fourth-order valence-electron chi connectivity index (χ4n) is 3.24. The number of carbonyl (C=O) groups excluding carboxylic acids is 1. The highest BCUT2D eigenvalue weighted by Crippen LogP contribution is 2.24. The molecule has 1 fully saturated rings. The van der Waals surface area contributed by atoms with Crippen molar-refractivity contribution in [3.8, 4) is 5.75 Å². The van der Waals surface area contributed by atoms with Crippen LogP contribution in [0, 0.1) is 0 Å². The molecule has 7 heteroatoms. The second-order valence-electron chi connectivity index (χ2n) is 6.38. The Labute approximate surface area is 173 Å². The van der Waals surface area contributed by atoms with Crippen LogP contribution in [0.1, 0.15) is 24.4 Å². The van der Waals surface area contributed by atoms with Gasteiger partial charge in [-0.3, -0.25) is 4.79 Å². The molecule has 0 bridgehead atoms. The lowest BCUT2D eigenvalue weighted by molar-refractivity contribution is -0.123. The van der Waals surface area contributed by atoms with Gasteiger partial charge in [-0.05, 0) is 30.5 Å². The van der Waals surface area contributed by atoms with Crippen LogP contribution in [0.5, 0.6) is 5.75 Å². The molecule has 0 saturated carbocycles. The maximum atomic E-state index is 12.5. The minimum absolute atomic E-state index is 0. The van der Waals surface area contributed by atoms with E-state index in [9.17, 15) is 4.79 Å². The summed E-state index contributed by atoms with van der Waals surface area (Å²) in [5.41, 5.74) is 8.05. The lowest BCUT2D eigenvalue weighted by Crippen LogP contribution is -2.49. The topological polar surface area (TPSA) is 67.6 Å². The number of nitrogens with two attached hydrogens (primary N) is 1. The summed E-state index contributed by atoms with van der Waals surface area (Å²) < 4.78 is 5.30. The summed E-state index contributed by atoms with van der Waals surface area (Å²) in [6.07, 6.45) is 2.00. The van der Waals surface area contributed by atoms with E-state index in [-0.39, 0.29) is 36.8 Å². The number of hydrogen-bond acceptors (Lipinski definition) is 4. The molecule has 0 spiro atoms. The first kappa shape index (κ1) is 23.1. The van der Waals surface area contributed by atoms with Gasteiger partial charge in [-0.25, -0.2) is 0 Å². The molecular formula is C20H27Cl2N3O2. The number of benzene rings is 2. The van der Waals surface area contributed by atoms with Gasteiger partial charge in [0, 0.05) is 30.9 Å². The van der Waals surface area contributed by atoms with E-state index in [0.717, 1.165) is 42.9 Å². The van der Waals surface area contributed by atoms with Gasteiger partial charge in [0.2, 0.25) is 5.91 Å². The highest BCUT2D eigenvalue weighted by atomic mass is 35.5. The Hall–Kier alpha value is -1.95. The third kappa shape index (κ3) is 6.03. The van der Waals surface area contributed by atoms with Gasteiger partial charge in [0.05, 0.1) is 7.11 Å². The molecule has 2 atom stereocenters. The zero-order chi connectivity index (χ0) is 17.6. The van der Waals surface area contributed by atoms with Crippen LogP contribution in [0.3, 0.4) is 0 Å². The van der Waals surface area contributed by atoms with Crippen molar-refractivity contribution < 1.29 is 9.53 Å². The minimum atomic E-state index is -0.631. The summed E-state index contributed by atoms with van der Waals surface area (Å²) in [7, 11) is 1.67. The molecule has 2 unspecified atom stereocenters. The van der Waals surface area contributed by atoms with Crippen LogP contribution in [-0.4, -0.2) is 32.1 Å². The number of nitrogens with one attached hydrogen (secondary N) is 1. The molecule has 1 saturated heterocycles. The Morgan fingerprint density at radius 2 is 1.93 bits per heavy atom. The highest BCUT2D eigenvalue weighted by Gasteiger charge is 2.24. The number of piperidine rings is 1. The van der Waals surface area contributed by atoms with E-state index in [4.69, 9.17) is 10.5 Å². The van der Waals surface area contributed by atoms with Crippen molar-refractivity contribution in [1.29, 1.82) is 0 Å². The quantitative estimate of drug-likeness (QED) is 0.791. The summed E-state index contributed by atoms with van der Waals surface area (Å²) >= 11 is 0. The first-order valence-corrected chi connectivity index (χ1v) is 8.67. The average Bonchev–Trinajstić information content (AvgIpc) is 2.68. The zero-order valence-electron chi connectivity index (χ0n) is 15.3. The van der Waals surface area contributed by atoms with E-state index in [1.807, 2.05) is 48.5 Å². The molecule has 27 heavy (non-hydrogen) atoms. The summed E-state index contributed by atoms with van der Waals surface area (Å²) in [6, 6.07) is 17.0. The Bertz CT molecular complexity index is 715. The number of carbonyl (C=O) groups is 1. The molecule has 2 aromatic carbocycles. The molecule has 0 aromatic heterocycles. The fraction of sp³-hybridized carbons (Fsp3) is 0.350. The van der Waals surface area contributed by atoms with Crippen LogP contribution in [-0.2, 0) is 4.79 Å². The van der Waals surface area contributed by atoms with Crippen molar-refractivity contribution in [2.24, 2.45) is 5.73 Å². The van der Waals surface area contributed by atoms with E-state index in [1.165, 1.54) is 0 Å². The van der Waals surface area contributed by atoms with Gasteiger partial charge in [0.1, 0.15) is 11.8 Å². The van der Waals surface area contributed by atoms with Crippen LogP contribution in [0.25, 0.3) is 0 Å². The molecule has 148 valence electrons.